The van der Waals surface area contributed by atoms with Crippen molar-refractivity contribution in [1.82, 2.24) is 20.1 Å². The molecule has 0 aliphatic carbocycles. The first-order valence-electron chi connectivity index (χ1n) is 10.6. The van der Waals surface area contributed by atoms with Gasteiger partial charge in [-0.3, -0.25) is 4.79 Å². The molecule has 0 aliphatic rings. The molecular weight excluding hydrogens is 384 g/mol. The Balaban J connectivity index is 2.02. The molecule has 1 N–H and O–H groups in total. The number of nitrogens with one attached hydrogen (secondary N) is 1. The van der Waals surface area contributed by atoms with Crippen molar-refractivity contribution in [1.29, 1.82) is 0 Å². The van der Waals surface area contributed by atoms with Crippen LogP contribution in [0.1, 0.15) is 59.3 Å². The molecule has 1 unspecified atom stereocenters. The van der Waals surface area contributed by atoms with Gasteiger partial charge in [0.1, 0.15) is 5.75 Å². The summed E-state index contributed by atoms with van der Waals surface area (Å²) in [6, 6.07) is 8.04. The predicted octanol–water partition coefficient (Wildman–Crippen LogP) is 4.93. The van der Waals surface area contributed by atoms with Crippen LogP contribution in [0.4, 0.5) is 0 Å². The minimum absolute atomic E-state index is 0.0510. The van der Waals surface area contributed by atoms with Gasteiger partial charge in [0, 0.05) is 18.2 Å². The zero-order valence-electron chi connectivity index (χ0n) is 18.1. The van der Waals surface area contributed by atoms with Crippen LogP contribution in [0.2, 0.25) is 0 Å². The molecule has 1 heterocycles. The molecule has 160 valence electrons. The number of carbonyl (C=O) groups excluding carboxylic acids is 1. The van der Waals surface area contributed by atoms with Gasteiger partial charge < -0.3 is 14.6 Å². The summed E-state index contributed by atoms with van der Waals surface area (Å²) in [7, 11) is 1.66. The Bertz CT molecular complexity index is 746. The number of thioether (sulfide) groups is 1. The van der Waals surface area contributed by atoms with Crippen molar-refractivity contribution in [2.75, 3.05) is 12.9 Å². The SMILES string of the molecule is CCCCCC(C)NC(=O)CSc1nnc(-c2ccc(OC)cc2)n1CCCC. The minimum Gasteiger partial charge on any atom is -0.497 e. The number of carbonyl (C=O) groups is 1. The number of hydrogen-bond acceptors (Lipinski definition) is 5. The second kappa shape index (κ2) is 12.5. The highest BCUT2D eigenvalue weighted by atomic mass is 32.2. The van der Waals surface area contributed by atoms with Gasteiger partial charge in [-0.1, -0.05) is 51.3 Å². The van der Waals surface area contributed by atoms with Gasteiger partial charge in [0.05, 0.1) is 12.9 Å². The average Bonchev–Trinajstić information content (AvgIpc) is 3.13. The van der Waals surface area contributed by atoms with E-state index in [0.717, 1.165) is 54.5 Å². The third-order valence-electron chi connectivity index (χ3n) is 4.78. The van der Waals surface area contributed by atoms with Gasteiger partial charge in [0.25, 0.3) is 0 Å². The maximum absolute atomic E-state index is 12.3. The molecule has 1 amide bonds. The van der Waals surface area contributed by atoms with Crippen LogP contribution in [0.25, 0.3) is 11.4 Å². The first-order valence-corrected chi connectivity index (χ1v) is 11.6. The lowest BCUT2D eigenvalue weighted by molar-refractivity contribution is -0.119. The number of benzene rings is 1. The average molecular weight is 419 g/mol. The summed E-state index contributed by atoms with van der Waals surface area (Å²) >= 11 is 1.45. The number of unbranched alkanes of at least 4 members (excludes halogenated alkanes) is 3. The summed E-state index contributed by atoms with van der Waals surface area (Å²) in [5, 5.41) is 12.6. The number of ether oxygens (including phenoxy) is 1. The monoisotopic (exact) mass is 418 g/mol. The van der Waals surface area contributed by atoms with Crippen LogP contribution in [0.5, 0.6) is 5.75 Å². The van der Waals surface area contributed by atoms with E-state index in [2.05, 4.69) is 40.9 Å². The lowest BCUT2D eigenvalue weighted by atomic mass is 10.1. The molecule has 0 bridgehead atoms. The van der Waals surface area contributed by atoms with Crippen LogP contribution >= 0.6 is 11.8 Å². The number of aromatic nitrogens is 3. The largest absolute Gasteiger partial charge is 0.497 e. The summed E-state index contributed by atoms with van der Waals surface area (Å²) in [5.41, 5.74) is 0.996. The Hall–Kier alpha value is -2.02. The quantitative estimate of drug-likeness (QED) is 0.369. The lowest BCUT2D eigenvalue weighted by Gasteiger charge is -2.14. The summed E-state index contributed by atoms with van der Waals surface area (Å²) in [6.45, 7) is 7.26. The maximum atomic E-state index is 12.3. The third-order valence-corrected chi connectivity index (χ3v) is 5.75. The van der Waals surface area contributed by atoms with E-state index in [4.69, 9.17) is 4.74 Å². The van der Waals surface area contributed by atoms with Crippen molar-refractivity contribution >= 4 is 17.7 Å². The van der Waals surface area contributed by atoms with E-state index in [-0.39, 0.29) is 11.9 Å². The van der Waals surface area contributed by atoms with Gasteiger partial charge >= 0.3 is 0 Å². The standard InChI is InChI=1S/C22H34N4O2S/c1-5-7-9-10-17(3)23-20(27)16-29-22-25-24-21(26(22)15-8-6-2)18-11-13-19(28-4)14-12-18/h11-14,17H,5-10,15-16H2,1-4H3,(H,23,27). The van der Waals surface area contributed by atoms with Crippen LogP contribution in [-0.2, 0) is 11.3 Å². The second-order valence-electron chi connectivity index (χ2n) is 7.29. The fraction of sp³-hybridized carbons (Fsp3) is 0.591. The Morgan fingerprint density at radius 2 is 1.86 bits per heavy atom. The zero-order valence-corrected chi connectivity index (χ0v) is 18.9. The Labute approximate surface area is 178 Å². The molecule has 0 radical (unpaired) electrons. The zero-order chi connectivity index (χ0) is 21.1. The van der Waals surface area contributed by atoms with Crippen LogP contribution in [0, 0.1) is 0 Å². The van der Waals surface area contributed by atoms with E-state index in [0.29, 0.717) is 5.75 Å². The summed E-state index contributed by atoms with van der Waals surface area (Å²) < 4.78 is 7.36. The molecule has 7 heteroatoms. The molecular formula is C22H34N4O2S. The molecule has 2 aromatic rings. The van der Waals surface area contributed by atoms with Gasteiger partial charge in [0.15, 0.2) is 11.0 Å². The highest BCUT2D eigenvalue weighted by molar-refractivity contribution is 7.99. The van der Waals surface area contributed by atoms with E-state index in [1.165, 1.54) is 24.6 Å². The Kier molecular flexibility index (Phi) is 10.0. The Morgan fingerprint density at radius 3 is 2.52 bits per heavy atom. The number of methoxy groups -OCH3 is 1. The van der Waals surface area contributed by atoms with E-state index in [1.807, 2.05) is 24.3 Å². The highest BCUT2D eigenvalue weighted by Gasteiger charge is 2.16. The van der Waals surface area contributed by atoms with E-state index in [1.54, 1.807) is 7.11 Å². The van der Waals surface area contributed by atoms with Crippen molar-refractivity contribution in [3.05, 3.63) is 24.3 Å². The Morgan fingerprint density at radius 1 is 1.14 bits per heavy atom. The van der Waals surface area contributed by atoms with E-state index < -0.39 is 0 Å². The topological polar surface area (TPSA) is 69.0 Å². The first-order chi connectivity index (χ1) is 14.1. The lowest BCUT2D eigenvalue weighted by Crippen LogP contribution is -2.33. The number of rotatable bonds is 13. The predicted molar refractivity (Wildman–Crippen MR) is 119 cm³/mol. The molecule has 6 nitrogen and oxygen atoms in total. The van der Waals surface area contributed by atoms with Gasteiger partial charge in [-0.25, -0.2) is 0 Å². The maximum Gasteiger partial charge on any atom is 0.230 e. The number of nitrogens with zero attached hydrogens (tertiary/aromatic N) is 3. The molecule has 0 spiro atoms. The van der Waals surface area contributed by atoms with Crippen LogP contribution < -0.4 is 10.1 Å². The van der Waals surface area contributed by atoms with Gasteiger partial charge in [-0.2, -0.15) is 0 Å². The fourth-order valence-corrected chi connectivity index (χ4v) is 3.86. The van der Waals surface area contributed by atoms with Gasteiger partial charge in [-0.15, -0.1) is 10.2 Å². The van der Waals surface area contributed by atoms with Crippen molar-refractivity contribution in [2.24, 2.45) is 0 Å². The van der Waals surface area contributed by atoms with E-state index in [9.17, 15) is 4.79 Å². The van der Waals surface area contributed by atoms with E-state index >= 15 is 0 Å². The van der Waals surface area contributed by atoms with Gasteiger partial charge in [0.2, 0.25) is 5.91 Å². The van der Waals surface area contributed by atoms with Crippen LogP contribution in [0.3, 0.4) is 0 Å². The highest BCUT2D eigenvalue weighted by Crippen LogP contribution is 2.26. The molecule has 2 rings (SSSR count). The van der Waals surface area contributed by atoms with Crippen LogP contribution in [0.15, 0.2) is 29.4 Å². The second-order valence-corrected chi connectivity index (χ2v) is 8.24. The number of amides is 1. The fourth-order valence-electron chi connectivity index (χ4n) is 3.09. The van der Waals surface area contributed by atoms with Gasteiger partial charge in [-0.05, 0) is 44.0 Å². The van der Waals surface area contributed by atoms with Crippen molar-refractivity contribution < 1.29 is 9.53 Å². The normalized spacial score (nSPS) is 12.0. The molecule has 0 aliphatic heterocycles. The van der Waals surface area contributed by atoms with Crippen molar-refractivity contribution in [2.45, 2.75) is 77.0 Å². The summed E-state index contributed by atoms with van der Waals surface area (Å²) in [4.78, 5) is 12.3. The van der Waals surface area contributed by atoms with Crippen molar-refractivity contribution in [3.8, 4) is 17.1 Å². The summed E-state index contributed by atoms with van der Waals surface area (Å²) in [6.07, 6.45) is 6.71. The molecule has 1 aromatic carbocycles. The first kappa shape index (κ1) is 23.3. The van der Waals surface area contributed by atoms with Crippen molar-refractivity contribution in [3.63, 3.8) is 0 Å². The molecule has 0 saturated heterocycles. The number of hydrogen-bond donors (Lipinski definition) is 1. The summed E-state index contributed by atoms with van der Waals surface area (Å²) in [5.74, 6) is 2.05. The molecule has 1 aromatic heterocycles. The molecule has 0 fully saturated rings. The molecule has 0 saturated carbocycles. The molecule has 1 atom stereocenters. The van der Waals surface area contributed by atoms with Crippen LogP contribution in [-0.4, -0.2) is 39.6 Å². The smallest absolute Gasteiger partial charge is 0.230 e. The minimum atomic E-state index is 0.0510. The molecule has 29 heavy (non-hydrogen) atoms. The third kappa shape index (κ3) is 7.38.